The fourth-order valence-corrected chi connectivity index (χ4v) is 3.84. The number of nitrogens with zero attached hydrogens (tertiary/aromatic N) is 2. The third-order valence-electron chi connectivity index (χ3n) is 4.45. The summed E-state index contributed by atoms with van der Waals surface area (Å²) < 4.78 is 27.3. The van der Waals surface area contributed by atoms with E-state index in [9.17, 15) is 13.2 Å². The SMILES string of the molecule is CC(=O)c1ccc(S(=O)(=O)NCCNc2nc(C)cc(Nc3ccc(C)cc3)n2)cc1. The van der Waals surface area contributed by atoms with E-state index in [2.05, 4.69) is 25.3 Å². The van der Waals surface area contributed by atoms with Crippen LogP contribution in [0.25, 0.3) is 0 Å². The van der Waals surface area contributed by atoms with Gasteiger partial charge in [0.1, 0.15) is 5.82 Å². The van der Waals surface area contributed by atoms with Gasteiger partial charge in [0.25, 0.3) is 0 Å². The summed E-state index contributed by atoms with van der Waals surface area (Å²) >= 11 is 0. The van der Waals surface area contributed by atoms with Crippen LogP contribution < -0.4 is 15.4 Å². The lowest BCUT2D eigenvalue weighted by molar-refractivity contribution is 0.101. The number of aromatic nitrogens is 2. The fraction of sp³-hybridized carbons (Fsp3) is 0.227. The molecule has 0 aliphatic rings. The van der Waals surface area contributed by atoms with Crippen LogP contribution >= 0.6 is 0 Å². The standard InChI is InChI=1S/C22H25N5O3S/c1-15-4-8-19(9-5-15)26-21-14-16(2)25-22(27-21)23-12-13-24-31(29,30)20-10-6-18(7-11-20)17(3)28/h4-11,14,24H,12-13H2,1-3H3,(H2,23,25,26,27). The van der Waals surface area contributed by atoms with Gasteiger partial charge in [-0.3, -0.25) is 4.79 Å². The second-order valence-corrected chi connectivity index (χ2v) is 8.88. The Hall–Kier alpha value is -3.30. The van der Waals surface area contributed by atoms with Crippen molar-refractivity contribution in [1.82, 2.24) is 14.7 Å². The van der Waals surface area contributed by atoms with Crippen molar-refractivity contribution in [3.05, 3.63) is 71.4 Å². The first-order valence-electron chi connectivity index (χ1n) is 9.77. The molecule has 0 saturated heterocycles. The zero-order valence-corrected chi connectivity index (χ0v) is 18.5. The van der Waals surface area contributed by atoms with E-state index in [1.807, 2.05) is 44.2 Å². The Morgan fingerprint density at radius 3 is 2.26 bits per heavy atom. The summed E-state index contributed by atoms with van der Waals surface area (Å²) in [6.07, 6.45) is 0. The minimum atomic E-state index is -3.67. The minimum absolute atomic E-state index is 0.105. The number of carbonyl (C=O) groups excluding carboxylic acids is 1. The van der Waals surface area contributed by atoms with Gasteiger partial charge in [0.15, 0.2) is 5.78 Å². The molecule has 0 bridgehead atoms. The van der Waals surface area contributed by atoms with Gasteiger partial charge in [-0.2, -0.15) is 4.98 Å². The zero-order chi connectivity index (χ0) is 22.4. The van der Waals surface area contributed by atoms with Gasteiger partial charge in [-0.1, -0.05) is 29.8 Å². The summed E-state index contributed by atoms with van der Waals surface area (Å²) in [4.78, 5) is 20.2. The van der Waals surface area contributed by atoms with Crippen molar-refractivity contribution < 1.29 is 13.2 Å². The van der Waals surface area contributed by atoms with Crippen molar-refractivity contribution in [3.8, 4) is 0 Å². The van der Waals surface area contributed by atoms with Gasteiger partial charge in [-0.25, -0.2) is 18.1 Å². The predicted octanol–water partition coefficient (Wildman–Crippen LogP) is 3.43. The number of hydrogen-bond acceptors (Lipinski definition) is 7. The Balaban J connectivity index is 1.56. The zero-order valence-electron chi connectivity index (χ0n) is 17.6. The number of aryl methyl sites for hydroxylation is 2. The number of benzene rings is 2. The van der Waals surface area contributed by atoms with E-state index in [1.54, 1.807) is 0 Å². The van der Waals surface area contributed by atoms with Crippen LogP contribution in [0.1, 0.15) is 28.5 Å². The molecule has 0 radical (unpaired) electrons. The highest BCUT2D eigenvalue weighted by Gasteiger charge is 2.13. The van der Waals surface area contributed by atoms with Crippen LogP contribution in [0.5, 0.6) is 0 Å². The normalized spacial score (nSPS) is 11.2. The first-order valence-corrected chi connectivity index (χ1v) is 11.3. The lowest BCUT2D eigenvalue weighted by Crippen LogP contribution is -2.29. The number of nitrogens with one attached hydrogen (secondary N) is 3. The van der Waals surface area contributed by atoms with E-state index in [4.69, 9.17) is 0 Å². The van der Waals surface area contributed by atoms with Gasteiger partial charge in [-0.15, -0.1) is 0 Å². The quantitative estimate of drug-likeness (QED) is 0.346. The Morgan fingerprint density at radius 1 is 0.935 bits per heavy atom. The lowest BCUT2D eigenvalue weighted by atomic mass is 10.2. The summed E-state index contributed by atoms with van der Waals surface area (Å²) in [5.74, 6) is 0.931. The molecule has 0 saturated carbocycles. The van der Waals surface area contributed by atoms with Gasteiger partial charge in [0, 0.05) is 36.1 Å². The van der Waals surface area contributed by atoms with Crippen molar-refractivity contribution in [3.63, 3.8) is 0 Å². The van der Waals surface area contributed by atoms with Crippen molar-refractivity contribution >= 4 is 33.3 Å². The molecule has 0 fully saturated rings. The topological polar surface area (TPSA) is 113 Å². The van der Waals surface area contributed by atoms with E-state index in [0.717, 1.165) is 11.4 Å². The van der Waals surface area contributed by atoms with E-state index in [-0.39, 0.29) is 17.2 Å². The fourth-order valence-electron chi connectivity index (χ4n) is 2.81. The van der Waals surface area contributed by atoms with Crippen LogP contribution in [0.2, 0.25) is 0 Å². The number of Topliss-reactive ketones (excluding diaryl/α,β-unsaturated/α-hetero) is 1. The molecule has 1 aromatic heterocycles. The van der Waals surface area contributed by atoms with Gasteiger partial charge in [-0.05, 0) is 45.0 Å². The molecular weight excluding hydrogens is 414 g/mol. The average Bonchev–Trinajstić information content (AvgIpc) is 2.73. The molecule has 31 heavy (non-hydrogen) atoms. The Morgan fingerprint density at radius 2 is 1.61 bits per heavy atom. The van der Waals surface area contributed by atoms with Crippen molar-refractivity contribution in [2.24, 2.45) is 0 Å². The second kappa shape index (κ2) is 9.67. The molecule has 3 rings (SSSR count). The highest BCUT2D eigenvalue weighted by Crippen LogP contribution is 2.17. The summed E-state index contributed by atoms with van der Waals surface area (Å²) in [6.45, 7) is 5.77. The van der Waals surface area contributed by atoms with Crippen LogP contribution in [0.15, 0.2) is 59.5 Å². The molecule has 1 heterocycles. The molecule has 0 spiro atoms. The number of sulfonamides is 1. The molecule has 9 heteroatoms. The largest absolute Gasteiger partial charge is 0.353 e. The summed E-state index contributed by atoms with van der Waals surface area (Å²) in [5, 5.41) is 6.27. The predicted molar refractivity (Wildman–Crippen MR) is 121 cm³/mol. The molecular formula is C22H25N5O3S. The molecule has 2 aromatic carbocycles. The first kappa shape index (κ1) is 22.4. The first-order chi connectivity index (χ1) is 14.7. The lowest BCUT2D eigenvalue weighted by Gasteiger charge is -2.11. The van der Waals surface area contributed by atoms with E-state index in [0.29, 0.717) is 23.9 Å². The van der Waals surface area contributed by atoms with E-state index < -0.39 is 10.0 Å². The highest BCUT2D eigenvalue weighted by molar-refractivity contribution is 7.89. The minimum Gasteiger partial charge on any atom is -0.353 e. The molecule has 3 aromatic rings. The Labute approximate surface area is 182 Å². The molecule has 3 N–H and O–H groups in total. The second-order valence-electron chi connectivity index (χ2n) is 7.11. The molecule has 162 valence electrons. The van der Waals surface area contributed by atoms with Crippen molar-refractivity contribution in [2.75, 3.05) is 23.7 Å². The van der Waals surface area contributed by atoms with Gasteiger partial charge in [0.05, 0.1) is 4.90 Å². The number of ketones is 1. The van der Waals surface area contributed by atoms with Crippen LogP contribution in [0.3, 0.4) is 0 Å². The van der Waals surface area contributed by atoms with Gasteiger partial charge >= 0.3 is 0 Å². The monoisotopic (exact) mass is 439 g/mol. The van der Waals surface area contributed by atoms with Crippen LogP contribution in [0.4, 0.5) is 17.5 Å². The molecule has 0 amide bonds. The van der Waals surface area contributed by atoms with E-state index >= 15 is 0 Å². The maximum absolute atomic E-state index is 12.4. The number of hydrogen-bond donors (Lipinski definition) is 3. The molecule has 0 aliphatic carbocycles. The average molecular weight is 440 g/mol. The maximum Gasteiger partial charge on any atom is 0.240 e. The van der Waals surface area contributed by atoms with Crippen LogP contribution in [-0.4, -0.2) is 37.3 Å². The number of carbonyl (C=O) groups is 1. The Kier molecular flexibility index (Phi) is 6.98. The summed E-state index contributed by atoms with van der Waals surface area (Å²) in [6, 6.07) is 15.6. The number of rotatable bonds is 9. The van der Waals surface area contributed by atoms with Gasteiger partial charge in [0.2, 0.25) is 16.0 Å². The third kappa shape index (κ3) is 6.34. The van der Waals surface area contributed by atoms with Crippen molar-refractivity contribution in [1.29, 1.82) is 0 Å². The van der Waals surface area contributed by atoms with E-state index in [1.165, 1.54) is 36.8 Å². The smallest absolute Gasteiger partial charge is 0.240 e. The van der Waals surface area contributed by atoms with Crippen molar-refractivity contribution in [2.45, 2.75) is 25.7 Å². The summed E-state index contributed by atoms with van der Waals surface area (Å²) in [5.41, 5.74) is 3.33. The highest BCUT2D eigenvalue weighted by atomic mass is 32.2. The molecule has 0 aliphatic heterocycles. The number of anilines is 3. The van der Waals surface area contributed by atoms with Crippen LogP contribution in [0, 0.1) is 13.8 Å². The molecule has 0 unspecified atom stereocenters. The summed E-state index contributed by atoms with van der Waals surface area (Å²) in [7, 11) is -3.67. The third-order valence-corrected chi connectivity index (χ3v) is 5.93. The Bertz CT molecular complexity index is 1160. The van der Waals surface area contributed by atoms with Gasteiger partial charge < -0.3 is 10.6 Å². The maximum atomic E-state index is 12.4. The molecule has 8 nitrogen and oxygen atoms in total. The van der Waals surface area contributed by atoms with Crippen LogP contribution in [-0.2, 0) is 10.0 Å². The molecule has 0 atom stereocenters.